The normalized spacial score (nSPS) is 20.8. The second-order valence-corrected chi connectivity index (χ2v) is 6.68. The Balaban J connectivity index is 2.16. The first-order valence-corrected chi connectivity index (χ1v) is 7.09. The molecule has 2 aromatic rings. The maximum atomic E-state index is 14.1. The van der Waals surface area contributed by atoms with Crippen molar-refractivity contribution >= 4 is 11.6 Å². The molecule has 0 bridgehead atoms. The van der Waals surface area contributed by atoms with Crippen LogP contribution in [0.4, 0.5) is 4.39 Å². The van der Waals surface area contributed by atoms with Crippen LogP contribution in [0.25, 0.3) is 5.69 Å². The molecule has 1 unspecified atom stereocenters. The highest BCUT2D eigenvalue weighted by Crippen LogP contribution is 2.42. The lowest BCUT2D eigenvalue weighted by Crippen LogP contribution is -2.26. The van der Waals surface area contributed by atoms with Gasteiger partial charge >= 0.3 is 0 Å². The first-order chi connectivity index (χ1) is 9.37. The molecule has 4 heteroatoms. The lowest BCUT2D eigenvalue weighted by atomic mass is 9.75. The van der Waals surface area contributed by atoms with E-state index in [0.717, 1.165) is 24.1 Å². The van der Waals surface area contributed by atoms with Crippen LogP contribution in [-0.4, -0.2) is 9.67 Å². The number of rotatable bonds is 1. The van der Waals surface area contributed by atoms with Gasteiger partial charge in [0.25, 0.3) is 0 Å². The van der Waals surface area contributed by atoms with E-state index < -0.39 is 6.10 Å². The smallest absolute Gasteiger partial charge is 0.147 e. The van der Waals surface area contributed by atoms with Crippen LogP contribution in [-0.2, 0) is 6.42 Å². The minimum atomic E-state index is -0.489. The van der Waals surface area contributed by atoms with Crippen molar-refractivity contribution in [2.45, 2.75) is 32.8 Å². The second-order valence-electron chi connectivity index (χ2n) is 6.24. The van der Waals surface area contributed by atoms with Gasteiger partial charge in [0.05, 0.1) is 11.8 Å². The molecule has 0 spiro atoms. The number of nitrogens with zero attached hydrogens (tertiary/aromatic N) is 1. The van der Waals surface area contributed by atoms with Crippen molar-refractivity contribution in [2.24, 2.45) is 5.41 Å². The molecule has 1 N–H and O–H groups in total. The highest BCUT2D eigenvalue weighted by molar-refractivity contribution is 6.30. The summed E-state index contributed by atoms with van der Waals surface area (Å²) in [6, 6.07) is 6.39. The molecule has 3 rings (SSSR count). The molecule has 1 aliphatic carbocycles. The SMILES string of the molecule is CC1(C)Cc2c(ccn2-c2cc(Cl)ccc2F)C(O)C1. The average Bonchev–Trinajstić information content (AvgIpc) is 2.74. The average molecular weight is 294 g/mol. The van der Waals surface area contributed by atoms with Gasteiger partial charge in [-0.2, -0.15) is 0 Å². The number of hydrogen-bond donors (Lipinski definition) is 1. The molecule has 0 amide bonds. The predicted octanol–water partition coefficient (Wildman–Crippen LogP) is 4.28. The van der Waals surface area contributed by atoms with Crippen molar-refractivity contribution < 1.29 is 9.50 Å². The zero-order valence-electron chi connectivity index (χ0n) is 11.5. The lowest BCUT2D eigenvalue weighted by molar-refractivity contribution is 0.0986. The molecule has 1 heterocycles. The first-order valence-electron chi connectivity index (χ1n) is 6.71. The van der Waals surface area contributed by atoms with Gasteiger partial charge in [-0.15, -0.1) is 0 Å². The molecular formula is C16H17ClFNO. The summed E-state index contributed by atoms with van der Waals surface area (Å²) >= 11 is 5.97. The van der Waals surface area contributed by atoms with E-state index in [1.165, 1.54) is 12.1 Å². The molecule has 2 nitrogen and oxygen atoms in total. The van der Waals surface area contributed by atoms with E-state index >= 15 is 0 Å². The molecule has 0 radical (unpaired) electrons. The van der Waals surface area contributed by atoms with Crippen LogP contribution in [0.15, 0.2) is 30.5 Å². The zero-order valence-corrected chi connectivity index (χ0v) is 12.3. The Hall–Kier alpha value is -1.32. The molecule has 20 heavy (non-hydrogen) atoms. The largest absolute Gasteiger partial charge is 0.388 e. The predicted molar refractivity (Wildman–Crippen MR) is 77.8 cm³/mol. The Morgan fingerprint density at radius 3 is 2.85 bits per heavy atom. The van der Waals surface area contributed by atoms with E-state index in [0.29, 0.717) is 10.7 Å². The van der Waals surface area contributed by atoms with Crippen molar-refractivity contribution in [2.75, 3.05) is 0 Å². The fraction of sp³-hybridized carbons (Fsp3) is 0.375. The number of aliphatic hydroxyl groups excluding tert-OH is 1. The summed E-state index contributed by atoms with van der Waals surface area (Å²) in [6.07, 6.45) is 2.85. The maximum absolute atomic E-state index is 14.1. The van der Waals surface area contributed by atoms with Crippen LogP contribution >= 0.6 is 11.6 Å². The highest BCUT2D eigenvalue weighted by atomic mass is 35.5. The third-order valence-corrected chi connectivity index (χ3v) is 4.18. The summed E-state index contributed by atoms with van der Waals surface area (Å²) in [5.74, 6) is -0.314. The first kappa shape index (κ1) is 13.7. The van der Waals surface area contributed by atoms with Gasteiger partial charge in [-0.1, -0.05) is 25.4 Å². The Bertz CT molecular complexity index is 662. The van der Waals surface area contributed by atoms with E-state index in [1.807, 2.05) is 12.3 Å². The fourth-order valence-corrected chi connectivity index (χ4v) is 3.19. The standard InChI is InChI=1S/C16H17ClFNO/c1-16(2)8-14-11(15(20)9-16)5-6-19(14)13-7-10(17)3-4-12(13)18/h3-7,15,20H,8-9H2,1-2H3. The van der Waals surface area contributed by atoms with Crippen LogP contribution in [0.5, 0.6) is 0 Å². The molecule has 0 fully saturated rings. The molecule has 1 atom stereocenters. The molecule has 1 aromatic carbocycles. The number of halogens is 2. The van der Waals surface area contributed by atoms with E-state index in [2.05, 4.69) is 13.8 Å². The van der Waals surface area contributed by atoms with E-state index in [1.54, 1.807) is 10.6 Å². The summed E-state index contributed by atoms with van der Waals surface area (Å²) in [5.41, 5.74) is 2.29. The van der Waals surface area contributed by atoms with Crippen LogP contribution in [0.3, 0.4) is 0 Å². The summed E-state index contributed by atoms with van der Waals surface area (Å²) in [7, 11) is 0. The van der Waals surface area contributed by atoms with Crippen molar-refractivity contribution in [1.82, 2.24) is 4.57 Å². The van der Waals surface area contributed by atoms with Gasteiger partial charge < -0.3 is 9.67 Å². The molecule has 106 valence electrons. The Kier molecular flexibility index (Phi) is 3.14. The Labute approximate surface area is 122 Å². The van der Waals surface area contributed by atoms with Gasteiger partial charge in [0.2, 0.25) is 0 Å². The summed E-state index contributed by atoms with van der Waals surface area (Å²) in [5, 5.41) is 10.7. The van der Waals surface area contributed by atoms with Gasteiger partial charge in [-0.3, -0.25) is 0 Å². The molecule has 1 aromatic heterocycles. The van der Waals surface area contributed by atoms with Gasteiger partial charge in [0.1, 0.15) is 5.82 Å². The molecular weight excluding hydrogens is 277 g/mol. The quantitative estimate of drug-likeness (QED) is 0.834. The topological polar surface area (TPSA) is 25.2 Å². The third kappa shape index (κ3) is 2.25. The summed E-state index contributed by atoms with van der Waals surface area (Å²) in [6.45, 7) is 4.23. The highest BCUT2D eigenvalue weighted by Gasteiger charge is 2.33. The Morgan fingerprint density at radius 2 is 2.10 bits per heavy atom. The summed E-state index contributed by atoms with van der Waals surface area (Å²) < 4.78 is 15.9. The minimum absolute atomic E-state index is 0.00241. The Morgan fingerprint density at radius 1 is 1.35 bits per heavy atom. The van der Waals surface area contributed by atoms with Crippen molar-refractivity contribution in [3.63, 3.8) is 0 Å². The van der Waals surface area contributed by atoms with E-state index in [9.17, 15) is 9.50 Å². The number of benzene rings is 1. The molecule has 0 saturated heterocycles. The monoisotopic (exact) mass is 293 g/mol. The number of aliphatic hydroxyl groups is 1. The minimum Gasteiger partial charge on any atom is -0.388 e. The molecule has 1 aliphatic rings. The number of aromatic nitrogens is 1. The zero-order chi connectivity index (χ0) is 14.5. The van der Waals surface area contributed by atoms with Gasteiger partial charge in [0, 0.05) is 22.5 Å². The molecule has 0 aliphatic heterocycles. The van der Waals surface area contributed by atoms with E-state index in [4.69, 9.17) is 11.6 Å². The van der Waals surface area contributed by atoms with Crippen LogP contribution in [0, 0.1) is 11.2 Å². The van der Waals surface area contributed by atoms with Gasteiger partial charge in [-0.25, -0.2) is 4.39 Å². The van der Waals surface area contributed by atoms with Crippen LogP contribution in [0.2, 0.25) is 5.02 Å². The molecule has 0 saturated carbocycles. The summed E-state index contributed by atoms with van der Waals surface area (Å²) in [4.78, 5) is 0. The fourth-order valence-electron chi connectivity index (χ4n) is 3.03. The maximum Gasteiger partial charge on any atom is 0.147 e. The van der Waals surface area contributed by atoms with Crippen molar-refractivity contribution in [1.29, 1.82) is 0 Å². The van der Waals surface area contributed by atoms with E-state index in [-0.39, 0.29) is 11.2 Å². The van der Waals surface area contributed by atoms with Gasteiger partial charge in [0.15, 0.2) is 0 Å². The van der Waals surface area contributed by atoms with Crippen molar-refractivity contribution in [3.05, 3.63) is 52.6 Å². The van der Waals surface area contributed by atoms with Crippen LogP contribution in [0.1, 0.15) is 37.6 Å². The number of hydrogen-bond acceptors (Lipinski definition) is 1. The number of fused-ring (bicyclic) bond motifs is 1. The van der Waals surface area contributed by atoms with Gasteiger partial charge in [-0.05, 0) is 42.5 Å². The third-order valence-electron chi connectivity index (χ3n) is 3.95. The lowest BCUT2D eigenvalue weighted by Gasteiger charge is -2.34. The van der Waals surface area contributed by atoms with Crippen LogP contribution < -0.4 is 0 Å². The van der Waals surface area contributed by atoms with Crippen molar-refractivity contribution in [3.8, 4) is 5.69 Å². The second kappa shape index (κ2) is 4.61.